The number of carbonyl (C=O) groups excluding carboxylic acids is 3. The van der Waals surface area contributed by atoms with E-state index in [0.717, 1.165) is 0 Å². The molecule has 0 atom stereocenters. The molecule has 0 aliphatic carbocycles. The van der Waals surface area contributed by atoms with E-state index in [2.05, 4.69) is 10.1 Å². The number of esters is 2. The minimum absolute atomic E-state index is 0.0127. The smallest absolute Gasteiger partial charge is 0.332 e. The second-order valence-electron chi connectivity index (χ2n) is 4.16. The maximum Gasteiger partial charge on any atom is 0.332 e. The molecular formula is C10H15NO6. The average Bonchev–Trinajstić information content (AvgIpc) is 2.21. The van der Waals surface area contributed by atoms with Gasteiger partial charge in [0, 0.05) is 0 Å². The van der Waals surface area contributed by atoms with Crippen molar-refractivity contribution in [3.8, 4) is 0 Å². The molecule has 2 saturated heterocycles. The van der Waals surface area contributed by atoms with Crippen molar-refractivity contribution in [3.05, 3.63) is 0 Å². The molecule has 0 radical (unpaired) electrons. The molecule has 2 aliphatic rings. The second-order valence-corrected chi connectivity index (χ2v) is 4.16. The van der Waals surface area contributed by atoms with Crippen molar-refractivity contribution in [3.63, 3.8) is 0 Å². The van der Waals surface area contributed by atoms with Gasteiger partial charge in [0.15, 0.2) is 6.61 Å². The molecule has 0 saturated carbocycles. The molecule has 2 fully saturated rings. The Hall–Kier alpha value is -1.63. The molecular weight excluding hydrogens is 230 g/mol. The number of hydrogen-bond acceptors (Lipinski definition) is 6. The zero-order valence-corrected chi connectivity index (χ0v) is 9.78. The van der Waals surface area contributed by atoms with Crippen molar-refractivity contribution in [2.75, 3.05) is 26.4 Å². The van der Waals surface area contributed by atoms with Crippen molar-refractivity contribution in [1.29, 1.82) is 0 Å². The second kappa shape index (κ2) is 5.62. The monoisotopic (exact) mass is 245 g/mol. The Bertz CT molecular complexity index is 297. The molecule has 0 unspecified atom stereocenters. The van der Waals surface area contributed by atoms with E-state index < -0.39 is 5.60 Å². The summed E-state index contributed by atoms with van der Waals surface area (Å²) in [4.78, 5) is 30.9. The first-order valence-electron chi connectivity index (χ1n) is 5.11. The van der Waals surface area contributed by atoms with E-state index in [1.54, 1.807) is 0 Å². The number of carbonyl (C=O) groups is 3. The van der Waals surface area contributed by atoms with E-state index >= 15 is 0 Å². The minimum atomic E-state index is -0.421. The Morgan fingerprint density at radius 1 is 1.12 bits per heavy atom. The predicted octanol–water partition coefficient (Wildman–Crippen LogP) is -1.00. The third-order valence-corrected chi connectivity index (χ3v) is 1.85. The van der Waals surface area contributed by atoms with Crippen molar-refractivity contribution in [1.82, 2.24) is 5.32 Å². The molecule has 0 aromatic rings. The Kier molecular flexibility index (Phi) is 4.45. The lowest BCUT2D eigenvalue weighted by Gasteiger charge is -2.28. The highest BCUT2D eigenvalue weighted by molar-refractivity contribution is 5.87. The summed E-state index contributed by atoms with van der Waals surface area (Å²) in [5.74, 6) is -0.875. The predicted molar refractivity (Wildman–Crippen MR) is 55.0 cm³/mol. The van der Waals surface area contributed by atoms with Crippen LogP contribution in [-0.4, -0.2) is 49.8 Å². The van der Waals surface area contributed by atoms with Crippen molar-refractivity contribution in [2.24, 2.45) is 0 Å². The van der Waals surface area contributed by atoms with E-state index in [0.29, 0.717) is 6.61 Å². The van der Waals surface area contributed by atoms with Gasteiger partial charge in [0.05, 0.1) is 6.61 Å². The van der Waals surface area contributed by atoms with E-state index in [4.69, 9.17) is 9.47 Å². The average molecular weight is 245 g/mol. The van der Waals surface area contributed by atoms with Crippen LogP contribution in [0.1, 0.15) is 13.8 Å². The fraction of sp³-hybridized carbons (Fsp3) is 0.700. The number of rotatable bonds is 0. The number of amides is 1. The largest absolute Gasteiger partial charge is 0.455 e. The molecule has 96 valence electrons. The molecule has 2 rings (SSSR count). The zero-order chi connectivity index (χ0) is 12.9. The normalized spacial score (nSPS) is 22.6. The minimum Gasteiger partial charge on any atom is -0.455 e. The Labute approximate surface area is 98.4 Å². The van der Waals surface area contributed by atoms with Crippen LogP contribution in [0.15, 0.2) is 0 Å². The molecule has 7 heteroatoms. The number of ether oxygens (including phenoxy) is 3. The van der Waals surface area contributed by atoms with Crippen molar-refractivity contribution in [2.45, 2.75) is 19.4 Å². The van der Waals surface area contributed by atoms with E-state index in [1.807, 2.05) is 13.8 Å². The highest BCUT2D eigenvalue weighted by Gasteiger charge is 2.27. The maximum absolute atomic E-state index is 10.5. The van der Waals surface area contributed by atoms with Gasteiger partial charge in [0.25, 0.3) is 5.91 Å². The first-order valence-corrected chi connectivity index (χ1v) is 5.11. The van der Waals surface area contributed by atoms with E-state index in [-0.39, 0.29) is 37.6 Å². The first-order chi connectivity index (χ1) is 7.89. The number of nitrogens with one attached hydrogen (secondary N) is 1. The summed E-state index contributed by atoms with van der Waals surface area (Å²) >= 11 is 0. The molecule has 0 bridgehead atoms. The lowest BCUT2D eigenvalue weighted by Crippen LogP contribution is -2.40. The van der Waals surface area contributed by atoms with Gasteiger partial charge in [-0.25, -0.2) is 4.79 Å². The molecule has 17 heavy (non-hydrogen) atoms. The highest BCUT2D eigenvalue weighted by Crippen LogP contribution is 2.13. The van der Waals surface area contributed by atoms with Crippen LogP contribution in [0, 0.1) is 0 Å². The molecule has 7 nitrogen and oxygen atoms in total. The third kappa shape index (κ3) is 5.30. The van der Waals surface area contributed by atoms with Crippen LogP contribution in [0.4, 0.5) is 0 Å². The first kappa shape index (κ1) is 13.4. The topological polar surface area (TPSA) is 90.9 Å². The van der Waals surface area contributed by atoms with Gasteiger partial charge < -0.3 is 19.5 Å². The van der Waals surface area contributed by atoms with Gasteiger partial charge in [0.1, 0.15) is 18.8 Å². The van der Waals surface area contributed by atoms with Crippen LogP contribution in [0.2, 0.25) is 0 Å². The Morgan fingerprint density at radius 3 is 2.18 bits per heavy atom. The maximum atomic E-state index is 10.5. The number of hydrogen-bond donors (Lipinski definition) is 1. The summed E-state index contributed by atoms with van der Waals surface area (Å²) in [6.07, 6.45) is 0. The van der Waals surface area contributed by atoms with Gasteiger partial charge in [-0.3, -0.25) is 9.59 Å². The van der Waals surface area contributed by atoms with Crippen LogP contribution < -0.4 is 5.32 Å². The van der Waals surface area contributed by atoms with Gasteiger partial charge in [-0.2, -0.15) is 0 Å². The SMILES string of the molecule is CC1(C)COCC(=O)O1.O=C1COC(=O)CN1. The fourth-order valence-electron chi connectivity index (χ4n) is 1.17. The van der Waals surface area contributed by atoms with Gasteiger partial charge in [-0.1, -0.05) is 0 Å². The van der Waals surface area contributed by atoms with Crippen molar-refractivity contribution >= 4 is 17.8 Å². The lowest BCUT2D eigenvalue weighted by molar-refractivity contribution is -0.183. The summed E-state index contributed by atoms with van der Waals surface area (Å²) in [5, 5.41) is 2.32. The van der Waals surface area contributed by atoms with Gasteiger partial charge >= 0.3 is 11.9 Å². The summed E-state index contributed by atoms with van der Waals surface area (Å²) in [6.45, 7) is 4.13. The summed E-state index contributed by atoms with van der Waals surface area (Å²) in [5.41, 5.74) is -0.421. The fourth-order valence-corrected chi connectivity index (χ4v) is 1.17. The number of morpholine rings is 1. The summed E-state index contributed by atoms with van der Waals surface area (Å²) in [7, 11) is 0. The van der Waals surface area contributed by atoms with Crippen LogP contribution >= 0.6 is 0 Å². The zero-order valence-electron chi connectivity index (χ0n) is 9.78. The standard InChI is InChI=1S/C6H10O3.C4H5NO3/c1-6(2)4-8-3-5(7)9-6;6-3-2-8-4(7)1-5-3/h3-4H2,1-2H3;1-2H2,(H,5,6). The Morgan fingerprint density at radius 2 is 1.82 bits per heavy atom. The highest BCUT2D eigenvalue weighted by atomic mass is 16.6. The Balaban J connectivity index is 0.000000171. The molecule has 0 aromatic heterocycles. The summed E-state index contributed by atoms with van der Waals surface area (Å²) < 4.78 is 14.2. The van der Waals surface area contributed by atoms with Gasteiger partial charge in [-0.15, -0.1) is 0 Å². The van der Waals surface area contributed by atoms with E-state index in [1.165, 1.54) is 0 Å². The molecule has 0 spiro atoms. The molecule has 1 N–H and O–H groups in total. The van der Waals surface area contributed by atoms with Crippen LogP contribution in [0.25, 0.3) is 0 Å². The van der Waals surface area contributed by atoms with Crippen LogP contribution in [-0.2, 0) is 28.6 Å². The van der Waals surface area contributed by atoms with Gasteiger partial charge in [0.2, 0.25) is 0 Å². The molecule has 1 amide bonds. The number of cyclic esters (lactones) is 2. The molecule has 2 heterocycles. The van der Waals surface area contributed by atoms with Crippen LogP contribution in [0.3, 0.4) is 0 Å². The van der Waals surface area contributed by atoms with Crippen molar-refractivity contribution < 1.29 is 28.6 Å². The lowest BCUT2D eigenvalue weighted by atomic mass is 10.1. The van der Waals surface area contributed by atoms with Gasteiger partial charge in [-0.05, 0) is 13.8 Å². The van der Waals surface area contributed by atoms with Crippen LogP contribution in [0.5, 0.6) is 0 Å². The molecule has 2 aliphatic heterocycles. The molecule has 0 aromatic carbocycles. The van der Waals surface area contributed by atoms with E-state index in [9.17, 15) is 14.4 Å². The third-order valence-electron chi connectivity index (χ3n) is 1.85. The summed E-state index contributed by atoms with van der Waals surface area (Å²) in [6, 6.07) is 0. The quantitative estimate of drug-likeness (QED) is 0.550.